The second-order valence-corrected chi connectivity index (χ2v) is 6.62. The van der Waals surface area contributed by atoms with Gasteiger partial charge in [0.2, 0.25) is 5.91 Å². The number of hydrogen-bond donors (Lipinski definition) is 0. The zero-order valence-electron chi connectivity index (χ0n) is 13.4. The highest BCUT2D eigenvalue weighted by molar-refractivity contribution is 7.10. The highest BCUT2D eigenvalue weighted by Crippen LogP contribution is 2.27. The Hall–Kier alpha value is -1.92. The molecule has 6 heteroatoms. The summed E-state index contributed by atoms with van der Waals surface area (Å²) in [5.74, 6) is 0.174. The number of fused-ring (bicyclic) bond motifs is 1. The first kappa shape index (κ1) is 16.0. The van der Waals surface area contributed by atoms with Crippen molar-refractivity contribution in [3.63, 3.8) is 0 Å². The van der Waals surface area contributed by atoms with E-state index in [0.717, 1.165) is 16.1 Å². The van der Waals surface area contributed by atoms with E-state index >= 15 is 0 Å². The summed E-state index contributed by atoms with van der Waals surface area (Å²) in [6.07, 6.45) is 5.53. The number of nitrogens with zero attached hydrogens (tertiary/aromatic N) is 3. The molecule has 1 amide bonds. The van der Waals surface area contributed by atoms with Gasteiger partial charge in [-0.15, -0.1) is 11.3 Å². The van der Waals surface area contributed by atoms with E-state index in [2.05, 4.69) is 5.10 Å². The smallest absolute Gasteiger partial charge is 0.246 e. The van der Waals surface area contributed by atoms with E-state index in [1.54, 1.807) is 17.4 Å². The number of carbonyl (C=O) groups is 1. The average molecular weight is 331 g/mol. The summed E-state index contributed by atoms with van der Waals surface area (Å²) in [7, 11) is 1.92. The molecule has 122 valence electrons. The molecule has 2 aromatic heterocycles. The van der Waals surface area contributed by atoms with Crippen LogP contribution in [0.3, 0.4) is 0 Å². The van der Waals surface area contributed by atoms with Crippen molar-refractivity contribution in [1.82, 2.24) is 14.7 Å². The first-order valence-electron chi connectivity index (χ1n) is 7.78. The standard InChI is InChI=1S/C17H21N3O2S/c1-3-22-12-14-11-20(10-13-9-19(2)18-17(13)14)16(21)7-6-15-5-4-8-23-15/h4-9,14H,3,10-12H2,1-2H3/b7-6+/t14-/m1/s1. The summed E-state index contributed by atoms with van der Waals surface area (Å²) in [6, 6.07) is 3.98. The summed E-state index contributed by atoms with van der Waals surface area (Å²) in [4.78, 5) is 15.5. The largest absolute Gasteiger partial charge is 0.381 e. The predicted octanol–water partition coefficient (Wildman–Crippen LogP) is 2.66. The zero-order valence-corrected chi connectivity index (χ0v) is 14.3. The van der Waals surface area contributed by atoms with Crippen molar-refractivity contribution in [3.05, 3.63) is 45.9 Å². The minimum absolute atomic E-state index is 0.0365. The summed E-state index contributed by atoms with van der Waals surface area (Å²) in [6.45, 7) is 4.51. The number of thiophene rings is 1. The van der Waals surface area contributed by atoms with Crippen LogP contribution in [0.2, 0.25) is 0 Å². The van der Waals surface area contributed by atoms with E-state index < -0.39 is 0 Å². The maximum absolute atomic E-state index is 12.5. The van der Waals surface area contributed by atoms with Crippen LogP contribution in [-0.2, 0) is 23.1 Å². The van der Waals surface area contributed by atoms with Gasteiger partial charge in [0.15, 0.2) is 0 Å². The quantitative estimate of drug-likeness (QED) is 0.792. The fraction of sp³-hybridized carbons (Fsp3) is 0.412. The van der Waals surface area contributed by atoms with Crippen LogP contribution in [0.25, 0.3) is 6.08 Å². The van der Waals surface area contributed by atoms with Gasteiger partial charge in [-0.3, -0.25) is 9.48 Å². The van der Waals surface area contributed by atoms with Crippen LogP contribution in [0.15, 0.2) is 29.8 Å². The van der Waals surface area contributed by atoms with Gasteiger partial charge in [0.05, 0.1) is 12.3 Å². The second kappa shape index (κ2) is 7.10. The first-order valence-corrected chi connectivity index (χ1v) is 8.66. The van der Waals surface area contributed by atoms with E-state index in [-0.39, 0.29) is 11.8 Å². The van der Waals surface area contributed by atoms with E-state index in [1.807, 2.05) is 53.3 Å². The van der Waals surface area contributed by atoms with Crippen molar-refractivity contribution in [3.8, 4) is 0 Å². The molecule has 23 heavy (non-hydrogen) atoms. The fourth-order valence-electron chi connectivity index (χ4n) is 2.85. The third-order valence-electron chi connectivity index (χ3n) is 3.89. The van der Waals surface area contributed by atoms with Crippen molar-refractivity contribution in [2.24, 2.45) is 7.05 Å². The van der Waals surface area contributed by atoms with E-state index in [9.17, 15) is 4.79 Å². The van der Waals surface area contributed by atoms with Crippen molar-refractivity contribution < 1.29 is 9.53 Å². The van der Waals surface area contributed by atoms with Crippen LogP contribution >= 0.6 is 11.3 Å². The van der Waals surface area contributed by atoms with Crippen molar-refractivity contribution >= 4 is 23.3 Å². The number of hydrogen-bond acceptors (Lipinski definition) is 4. The summed E-state index contributed by atoms with van der Waals surface area (Å²) in [5, 5.41) is 6.55. The van der Waals surface area contributed by atoms with Gasteiger partial charge in [0.25, 0.3) is 0 Å². The Labute approximate surface area is 140 Å². The van der Waals surface area contributed by atoms with Crippen LogP contribution < -0.4 is 0 Å². The highest BCUT2D eigenvalue weighted by atomic mass is 32.1. The highest BCUT2D eigenvalue weighted by Gasteiger charge is 2.30. The lowest BCUT2D eigenvalue weighted by Gasteiger charge is -2.31. The molecule has 0 N–H and O–H groups in total. The number of rotatable bonds is 5. The van der Waals surface area contributed by atoms with E-state index in [1.165, 1.54) is 0 Å². The molecule has 0 fully saturated rings. The molecule has 0 bridgehead atoms. The second-order valence-electron chi connectivity index (χ2n) is 5.64. The van der Waals surface area contributed by atoms with E-state index in [4.69, 9.17) is 4.74 Å². The van der Waals surface area contributed by atoms with Gasteiger partial charge in [-0.2, -0.15) is 5.10 Å². The molecule has 0 saturated carbocycles. The minimum atomic E-state index is 0.0365. The molecular formula is C17H21N3O2S. The molecule has 0 aromatic carbocycles. The minimum Gasteiger partial charge on any atom is -0.381 e. The summed E-state index contributed by atoms with van der Waals surface area (Å²) >= 11 is 1.62. The topological polar surface area (TPSA) is 47.4 Å². The molecule has 0 aliphatic carbocycles. The average Bonchev–Trinajstić information content (AvgIpc) is 3.18. The summed E-state index contributed by atoms with van der Waals surface area (Å²) in [5.41, 5.74) is 2.17. The Morgan fingerprint density at radius 3 is 3.17 bits per heavy atom. The number of ether oxygens (including phenoxy) is 1. The van der Waals surface area contributed by atoms with Crippen LogP contribution in [0.5, 0.6) is 0 Å². The molecule has 0 saturated heterocycles. The lowest BCUT2D eigenvalue weighted by atomic mass is 9.97. The monoisotopic (exact) mass is 331 g/mol. The molecular weight excluding hydrogens is 310 g/mol. The molecule has 5 nitrogen and oxygen atoms in total. The normalized spacial score (nSPS) is 17.7. The number of aryl methyl sites for hydroxylation is 1. The van der Waals surface area contributed by atoms with Crippen molar-refractivity contribution in [2.45, 2.75) is 19.4 Å². The van der Waals surface area contributed by atoms with Gasteiger partial charge in [-0.25, -0.2) is 0 Å². The number of carbonyl (C=O) groups excluding carboxylic acids is 1. The molecule has 1 aliphatic heterocycles. The van der Waals surface area contributed by atoms with Crippen LogP contribution in [0.1, 0.15) is 29.0 Å². The van der Waals surface area contributed by atoms with Gasteiger partial charge < -0.3 is 9.64 Å². The molecule has 0 radical (unpaired) electrons. The Morgan fingerprint density at radius 2 is 2.43 bits per heavy atom. The van der Waals surface area contributed by atoms with Gasteiger partial charge in [-0.1, -0.05) is 6.07 Å². The molecule has 0 spiro atoms. The third kappa shape index (κ3) is 3.71. The van der Waals surface area contributed by atoms with Crippen LogP contribution in [-0.4, -0.2) is 40.3 Å². The first-order chi connectivity index (χ1) is 11.2. The molecule has 3 rings (SSSR count). The van der Waals surface area contributed by atoms with Crippen LogP contribution in [0, 0.1) is 0 Å². The number of aromatic nitrogens is 2. The Morgan fingerprint density at radius 1 is 1.57 bits per heavy atom. The fourth-order valence-corrected chi connectivity index (χ4v) is 3.47. The molecule has 1 aliphatic rings. The van der Waals surface area contributed by atoms with Crippen molar-refractivity contribution in [2.75, 3.05) is 19.8 Å². The molecule has 2 aromatic rings. The SMILES string of the molecule is CCOC[C@H]1CN(C(=O)/C=C/c2cccs2)Cc2cn(C)nc21. The molecule has 0 unspecified atom stereocenters. The van der Waals surface area contributed by atoms with E-state index in [0.29, 0.717) is 26.3 Å². The van der Waals surface area contributed by atoms with Crippen LogP contribution in [0.4, 0.5) is 0 Å². The lowest BCUT2D eigenvalue weighted by Crippen LogP contribution is -2.38. The van der Waals surface area contributed by atoms with Gasteiger partial charge in [0.1, 0.15) is 0 Å². The van der Waals surface area contributed by atoms with Gasteiger partial charge in [-0.05, 0) is 24.4 Å². The predicted molar refractivity (Wildman–Crippen MR) is 91.2 cm³/mol. The third-order valence-corrected chi connectivity index (χ3v) is 4.73. The lowest BCUT2D eigenvalue weighted by molar-refractivity contribution is -0.127. The molecule has 3 heterocycles. The van der Waals surface area contributed by atoms with Crippen molar-refractivity contribution in [1.29, 1.82) is 0 Å². The zero-order chi connectivity index (χ0) is 16.2. The Bertz CT molecular complexity index is 691. The van der Waals surface area contributed by atoms with Gasteiger partial charge >= 0.3 is 0 Å². The maximum atomic E-state index is 12.5. The Balaban J connectivity index is 1.74. The van der Waals surface area contributed by atoms with Gasteiger partial charge in [0, 0.05) is 55.4 Å². The number of amides is 1. The summed E-state index contributed by atoms with van der Waals surface area (Å²) < 4.78 is 7.40. The maximum Gasteiger partial charge on any atom is 0.246 e. The molecule has 1 atom stereocenters. The Kier molecular flexibility index (Phi) is 4.93.